The Kier molecular flexibility index (Phi) is 11.3. The van der Waals surface area contributed by atoms with E-state index in [2.05, 4.69) is 58.4 Å². The maximum atomic E-state index is 6.07. The molecule has 2 heteroatoms. The van der Waals surface area contributed by atoms with E-state index in [0.717, 1.165) is 46.7 Å². The van der Waals surface area contributed by atoms with E-state index in [1.165, 1.54) is 5.57 Å². The van der Waals surface area contributed by atoms with Gasteiger partial charge in [0.2, 0.25) is 0 Å². The molecule has 1 fully saturated rings. The number of hydrogen-bond donors (Lipinski definition) is 0. The van der Waals surface area contributed by atoms with E-state index in [9.17, 15) is 0 Å². The van der Waals surface area contributed by atoms with Gasteiger partial charge in [-0.05, 0) is 62.0 Å². The van der Waals surface area contributed by atoms with Crippen LogP contribution in [0.3, 0.4) is 0 Å². The maximum Gasteiger partial charge on any atom is 0.116 e. The molecule has 0 aliphatic carbocycles. The van der Waals surface area contributed by atoms with E-state index in [1.54, 1.807) is 6.08 Å². The maximum absolute atomic E-state index is 6.07. The minimum Gasteiger partial charge on any atom is -0.495 e. The fourth-order valence-corrected chi connectivity index (χ4v) is 3.23. The van der Waals surface area contributed by atoms with Crippen molar-refractivity contribution in [2.24, 2.45) is 0 Å². The van der Waals surface area contributed by atoms with Crippen LogP contribution in [0.1, 0.15) is 34.1 Å². The average molecular weight is 405 g/mol. The molecule has 2 nitrogen and oxygen atoms in total. The van der Waals surface area contributed by atoms with Crippen molar-refractivity contribution in [3.8, 4) is 0 Å². The highest BCUT2D eigenvalue weighted by molar-refractivity contribution is 5.59. The Hall–Kier alpha value is -2.84. The van der Waals surface area contributed by atoms with Gasteiger partial charge >= 0.3 is 0 Å². The molecule has 1 atom stereocenters. The predicted octanol–water partition coefficient (Wildman–Crippen LogP) is 7.50. The van der Waals surface area contributed by atoms with Crippen LogP contribution in [0, 0.1) is 0 Å². The lowest BCUT2D eigenvalue weighted by Crippen LogP contribution is -2.06. The first kappa shape index (κ1) is 25.2. The first-order valence-electron chi connectivity index (χ1n) is 10.3. The molecule has 0 aromatic carbocycles. The summed E-state index contributed by atoms with van der Waals surface area (Å²) in [6.07, 6.45) is 18.6. The number of rotatable bonds is 13. The molecule has 0 amide bonds. The molecular formula is C28H36O2. The third-order valence-electron chi connectivity index (χ3n) is 4.92. The van der Waals surface area contributed by atoms with E-state index in [0.29, 0.717) is 6.61 Å². The summed E-state index contributed by atoms with van der Waals surface area (Å²) in [7, 11) is 0. The summed E-state index contributed by atoms with van der Waals surface area (Å²) in [5, 5.41) is 0. The summed E-state index contributed by atoms with van der Waals surface area (Å²) in [6, 6.07) is 0. The van der Waals surface area contributed by atoms with Crippen molar-refractivity contribution in [3.63, 3.8) is 0 Å². The van der Waals surface area contributed by atoms with Gasteiger partial charge in [-0.1, -0.05) is 81.0 Å². The molecule has 0 saturated carbocycles. The fourth-order valence-electron chi connectivity index (χ4n) is 3.23. The van der Waals surface area contributed by atoms with Gasteiger partial charge in [-0.2, -0.15) is 0 Å². The average Bonchev–Trinajstić information content (AvgIpc) is 3.59. The second kappa shape index (κ2) is 13.4. The molecule has 0 bridgehead atoms. The van der Waals surface area contributed by atoms with E-state index in [1.807, 2.05) is 44.2 Å². The molecular weight excluding hydrogens is 368 g/mol. The van der Waals surface area contributed by atoms with Gasteiger partial charge in [-0.3, -0.25) is 0 Å². The van der Waals surface area contributed by atoms with Crippen LogP contribution in [-0.2, 0) is 9.47 Å². The lowest BCUT2D eigenvalue weighted by molar-refractivity contribution is 0.183. The van der Waals surface area contributed by atoms with Gasteiger partial charge in [0.1, 0.15) is 18.5 Å². The Morgan fingerprint density at radius 2 is 1.50 bits per heavy atom. The van der Waals surface area contributed by atoms with Gasteiger partial charge in [0.05, 0.1) is 6.61 Å². The monoisotopic (exact) mass is 404 g/mol. The zero-order valence-corrected chi connectivity index (χ0v) is 19.0. The molecule has 0 radical (unpaired) electrons. The summed E-state index contributed by atoms with van der Waals surface area (Å²) in [5.74, 6) is 0.853. The number of allylic oxidation sites excluding steroid dienone is 16. The van der Waals surface area contributed by atoms with Gasteiger partial charge in [0.25, 0.3) is 0 Å². The minimum atomic E-state index is 0.198. The highest BCUT2D eigenvalue weighted by atomic mass is 16.6. The van der Waals surface area contributed by atoms with E-state index in [-0.39, 0.29) is 6.10 Å². The molecule has 160 valence electrons. The summed E-state index contributed by atoms with van der Waals surface area (Å²) in [4.78, 5) is 0. The third kappa shape index (κ3) is 7.20. The summed E-state index contributed by atoms with van der Waals surface area (Å²) in [5.41, 5.74) is 6.54. The lowest BCUT2D eigenvalue weighted by atomic mass is 9.86. The van der Waals surface area contributed by atoms with Gasteiger partial charge < -0.3 is 9.47 Å². The van der Waals surface area contributed by atoms with Crippen molar-refractivity contribution >= 4 is 0 Å². The van der Waals surface area contributed by atoms with Crippen molar-refractivity contribution in [1.82, 2.24) is 0 Å². The SMILES string of the molecule is C=C/C=C(C(\C=C)=C/C)/C(=C\C)CC(=C/C)/C(C(/C=C)=C\C=C)=C(/C)OCC1CO1. The minimum absolute atomic E-state index is 0.198. The molecule has 30 heavy (non-hydrogen) atoms. The van der Waals surface area contributed by atoms with Crippen molar-refractivity contribution in [1.29, 1.82) is 0 Å². The molecule has 1 heterocycles. The van der Waals surface area contributed by atoms with E-state index in [4.69, 9.17) is 9.47 Å². The Bertz CT molecular complexity index is 834. The summed E-state index contributed by atoms with van der Waals surface area (Å²) in [6.45, 7) is 25.2. The zero-order chi connectivity index (χ0) is 22.5. The van der Waals surface area contributed by atoms with Crippen LogP contribution < -0.4 is 0 Å². The normalized spacial score (nSPS) is 19.1. The second-order valence-corrected chi connectivity index (χ2v) is 6.83. The third-order valence-corrected chi connectivity index (χ3v) is 4.92. The standard InChI is InChI=1S/C28H36O2/c1-9-16-23(13-5)28(21(8)29-19-26-20-30-26)25(15-7)18-24(14-6)27(17-10-2)22(11-3)12-4/h9-17,26H,1-3,5,18-20H2,4,6-8H3/b22-12-,23-16-,24-14-,25-15-,27-17+,28-21-. The first-order valence-corrected chi connectivity index (χ1v) is 10.3. The zero-order valence-electron chi connectivity index (χ0n) is 19.0. The van der Waals surface area contributed by atoms with E-state index >= 15 is 0 Å². The topological polar surface area (TPSA) is 21.8 Å². The van der Waals surface area contributed by atoms with Gasteiger partial charge in [0, 0.05) is 5.57 Å². The molecule has 1 saturated heterocycles. The molecule has 0 N–H and O–H groups in total. The number of hydrogen-bond acceptors (Lipinski definition) is 2. The smallest absolute Gasteiger partial charge is 0.116 e. The predicted molar refractivity (Wildman–Crippen MR) is 131 cm³/mol. The second-order valence-electron chi connectivity index (χ2n) is 6.83. The number of ether oxygens (including phenoxy) is 2. The molecule has 1 unspecified atom stereocenters. The van der Waals surface area contributed by atoms with Crippen LogP contribution >= 0.6 is 0 Å². The molecule has 1 aliphatic heterocycles. The van der Waals surface area contributed by atoms with Crippen molar-refractivity contribution in [3.05, 3.63) is 120 Å². The highest BCUT2D eigenvalue weighted by Gasteiger charge is 2.24. The highest BCUT2D eigenvalue weighted by Crippen LogP contribution is 2.34. The van der Waals surface area contributed by atoms with Crippen molar-refractivity contribution < 1.29 is 9.47 Å². The van der Waals surface area contributed by atoms with Crippen LogP contribution in [0.5, 0.6) is 0 Å². The van der Waals surface area contributed by atoms with Gasteiger partial charge in [0.15, 0.2) is 0 Å². The first-order chi connectivity index (χ1) is 14.5. The fraction of sp³-hybridized carbons (Fsp3) is 0.286. The van der Waals surface area contributed by atoms with Crippen molar-refractivity contribution in [2.45, 2.75) is 40.2 Å². The Labute approximate surface area is 183 Å². The Balaban J connectivity index is 3.43. The molecule has 0 aromatic rings. The summed E-state index contributed by atoms with van der Waals surface area (Å²) < 4.78 is 11.4. The van der Waals surface area contributed by atoms with Gasteiger partial charge in [-0.15, -0.1) is 0 Å². The van der Waals surface area contributed by atoms with E-state index < -0.39 is 0 Å². The van der Waals surface area contributed by atoms with Crippen molar-refractivity contribution in [2.75, 3.05) is 13.2 Å². The Morgan fingerprint density at radius 3 is 1.93 bits per heavy atom. The van der Waals surface area contributed by atoms with Crippen LogP contribution in [-0.4, -0.2) is 19.3 Å². The molecule has 0 aromatic heterocycles. The quantitative estimate of drug-likeness (QED) is 0.180. The largest absolute Gasteiger partial charge is 0.495 e. The summed E-state index contributed by atoms with van der Waals surface area (Å²) >= 11 is 0. The lowest BCUT2D eigenvalue weighted by Gasteiger charge is -2.20. The molecule has 1 rings (SSSR count). The van der Waals surface area contributed by atoms with Crippen LogP contribution in [0.15, 0.2) is 120 Å². The van der Waals surface area contributed by atoms with Crippen LogP contribution in [0.2, 0.25) is 0 Å². The van der Waals surface area contributed by atoms with Crippen LogP contribution in [0.4, 0.5) is 0 Å². The Morgan fingerprint density at radius 1 is 0.900 bits per heavy atom. The van der Waals surface area contributed by atoms with Crippen LogP contribution in [0.25, 0.3) is 0 Å². The molecule has 0 spiro atoms. The molecule has 1 aliphatic rings. The number of epoxide rings is 1. The van der Waals surface area contributed by atoms with Gasteiger partial charge in [-0.25, -0.2) is 0 Å².